The second-order valence-corrected chi connectivity index (χ2v) is 8.24. The van der Waals surface area contributed by atoms with Crippen LogP contribution in [0.2, 0.25) is 5.02 Å². The molecule has 0 radical (unpaired) electrons. The van der Waals surface area contributed by atoms with Gasteiger partial charge in [0, 0.05) is 29.7 Å². The summed E-state index contributed by atoms with van der Waals surface area (Å²) in [4.78, 5) is 18.0. The third kappa shape index (κ3) is 4.43. The maximum atomic E-state index is 12.7. The Morgan fingerprint density at radius 3 is 2.69 bits per heavy atom. The molecule has 3 rings (SSSR count). The van der Waals surface area contributed by atoms with Gasteiger partial charge in [-0.3, -0.25) is 4.79 Å². The molecule has 2 heterocycles. The number of piperidine rings is 1. The van der Waals surface area contributed by atoms with E-state index in [1.54, 1.807) is 7.11 Å². The van der Waals surface area contributed by atoms with Crippen molar-refractivity contribution in [2.45, 2.75) is 19.8 Å². The quantitative estimate of drug-likeness (QED) is 0.788. The maximum Gasteiger partial charge on any atom is 0.263 e. The van der Waals surface area contributed by atoms with E-state index < -0.39 is 0 Å². The molecular formula is C19H24ClN3O2S. The van der Waals surface area contributed by atoms with Crippen LogP contribution in [0.25, 0.3) is 10.6 Å². The van der Waals surface area contributed by atoms with E-state index in [-0.39, 0.29) is 11.3 Å². The average molecular weight is 394 g/mol. The summed E-state index contributed by atoms with van der Waals surface area (Å²) < 4.78 is 5.42. The Hall–Kier alpha value is -1.47. The molecule has 0 spiro atoms. The molecule has 1 fully saturated rings. The highest BCUT2D eigenvalue weighted by molar-refractivity contribution is 7.17. The Morgan fingerprint density at radius 1 is 1.35 bits per heavy atom. The van der Waals surface area contributed by atoms with Crippen LogP contribution >= 0.6 is 22.9 Å². The summed E-state index contributed by atoms with van der Waals surface area (Å²) in [6, 6.07) is 7.51. The van der Waals surface area contributed by atoms with Gasteiger partial charge in [0.05, 0.1) is 12.3 Å². The van der Waals surface area contributed by atoms with Gasteiger partial charge in [-0.1, -0.05) is 23.7 Å². The predicted octanol–water partition coefficient (Wildman–Crippen LogP) is 3.52. The zero-order valence-electron chi connectivity index (χ0n) is 15.1. The van der Waals surface area contributed by atoms with Crippen molar-refractivity contribution in [2.24, 2.45) is 5.41 Å². The molecule has 0 unspecified atom stereocenters. The Balaban J connectivity index is 1.70. The number of hydrogen-bond donors (Lipinski definition) is 2. The van der Waals surface area contributed by atoms with Gasteiger partial charge >= 0.3 is 0 Å². The van der Waals surface area contributed by atoms with Crippen LogP contribution in [0.4, 0.5) is 0 Å². The van der Waals surface area contributed by atoms with Crippen molar-refractivity contribution in [3.8, 4) is 10.6 Å². The standard InChI is InChI=1S/C19H24ClN3O2S/c1-13-16(26-18(23-13)14-3-5-15(20)6-4-14)17(24)22-11-19(12-25-2)7-9-21-10-8-19/h3-6,21H,7-12H2,1-2H3,(H,22,24). The highest BCUT2D eigenvalue weighted by Crippen LogP contribution is 2.30. The summed E-state index contributed by atoms with van der Waals surface area (Å²) in [5.74, 6) is -0.0609. The molecule has 140 valence electrons. The van der Waals surface area contributed by atoms with E-state index in [1.165, 1.54) is 11.3 Å². The fourth-order valence-electron chi connectivity index (χ4n) is 3.31. The van der Waals surface area contributed by atoms with Gasteiger partial charge in [-0.05, 0) is 45.0 Å². The predicted molar refractivity (Wildman–Crippen MR) is 106 cm³/mol. The molecule has 1 aliphatic rings. The topological polar surface area (TPSA) is 63.2 Å². The van der Waals surface area contributed by atoms with Crippen LogP contribution in [0, 0.1) is 12.3 Å². The van der Waals surface area contributed by atoms with E-state index in [0.717, 1.165) is 42.2 Å². The van der Waals surface area contributed by atoms with Crippen molar-refractivity contribution in [3.05, 3.63) is 39.9 Å². The summed E-state index contributed by atoms with van der Waals surface area (Å²) in [6.45, 7) is 5.07. The summed E-state index contributed by atoms with van der Waals surface area (Å²) in [7, 11) is 1.72. The van der Waals surface area contributed by atoms with E-state index in [0.29, 0.717) is 23.1 Å². The Kier molecular flexibility index (Phi) is 6.29. The number of carbonyl (C=O) groups excluding carboxylic acids is 1. The van der Waals surface area contributed by atoms with Crippen molar-refractivity contribution < 1.29 is 9.53 Å². The van der Waals surface area contributed by atoms with E-state index in [2.05, 4.69) is 15.6 Å². The first-order valence-corrected chi connectivity index (χ1v) is 9.94. The Labute approximate surface area is 163 Å². The molecule has 0 saturated carbocycles. The van der Waals surface area contributed by atoms with E-state index >= 15 is 0 Å². The lowest BCUT2D eigenvalue weighted by atomic mass is 9.79. The number of nitrogens with one attached hydrogen (secondary N) is 2. The normalized spacial score (nSPS) is 16.4. The summed E-state index contributed by atoms with van der Waals surface area (Å²) >= 11 is 7.36. The SMILES string of the molecule is COCC1(CNC(=O)c2sc(-c3ccc(Cl)cc3)nc2C)CCNCC1. The first-order chi connectivity index (χ1) is 12.5. The zero-order valence-corrected chi connectivity index (χ0v) is 16.7. The van der Waals surface area contributed by atoms with Crippen LogP contribution in [0.15, 0.2) is 24.3 Å². The lowest BCUT2D eigenvalue weighted by Crippen LogP contribution is -2.47. The molecule has 2 N–H and O–H groups in total. The number of aromatic nitrogens is 1. The molecule has 0 aliphatic carbocycles. The van der Waals surface area contributed by atoms with Gasteiger partial charge in [0.1, 0.15) is 9.88 Å². The molecule has 5 nitrogen and oxygen atoms in total. The second-order valence-electron chi connectivity index (χ2n) is 6.81. The Morgan fingerprint density at radius 2 is 2.04 bits per heavy atom. The van der Waals surface area contributed by atoms with Gasteiger partial charge in [-0.2, -0.15) is 0 Å². The van der Waals surface area contributed by atoms with Gasteiger partial charge in [0.15, 0.2) is 0 Å². The fraction of sp³-hybridized carbons (Fsp3) is 0.474. The molecule has 2 aromatic rings. The minimum atomic E-state index is -0.0609. The van der Waals surface area contributed by atoms with Crippen molar-refractivity contribution >= 4 is 28.8 Å². The third-order valence-electron chi connectivity index (χ3n) is 4.83. The van der Waals surface area contributed by atoms with Crippen LogP contribution < -0.4 is 10.6 Å². The number of amides is 1. The zero-order chi connectivity index (χ0) is 18.6. The number of nitrogens with zero attached hydrogens (tertiary/aromatic N) is 1. The van der Waals surface area contributed by atoms with Gasteiger partial charge in [0.2, 0.25) is 0 Å². The molecule has 1 aliphatic heterocycles. The average Bonchev–Trinajstić information content (AvgIpc) is 3.03. The van der Waals surface area contributed by atoms with Crippen LogP contribution in [-0.4, -0.2) is 44.2 Å². The molecule has 1 amide bonds. The molecule has 7 heteroatoms. The van der Waals surface area contributed by atoms with Crippen LogP contribution in [-0.2, 0) is 4.74 Å². The number of thiazole rings is 1. The first kappa shape index (κ1) is 19.3. The molecule has 0 atom stereocenters. The van der Waals surface area contributed by atoms with Crippen LogP contribution in [0.1, 0.15) is 28.2 Å². The number of halogens is 1. The second kappa shape index (κ2) is 8.48. The molecule has 1 aromatic carbocycles. The van der Waals surface area contributed by atoms with Crippen LogP contribution in [0.3, 0.4) is 0 Å². The lowest BCUT2D eigenvalue weighted by molar-refractivity contribution is 0.0512. The number of benzene rings is 1. The van der Waals surface area contributed by atoms with E-state index in [4.69, 9.17) is 16.3 Å². The minimum Gasteiger partial charge on any atom is -0.384 e. The van der Waals surface area contributed by atoms with Crippen molar-refractivity contribution in [1.29, 1.82) is 0 Å². The first-order valence-electron chi connectivity index (χ1n) is 8.74. The third-order valence-corrected chi connectivity index (χ3v) is 6.29. The van der Waals surface area contributed by atoms with E-state index in [1.807, 2.05) is 31.2 Å². The smallest absolute Gasteiger partial charge is 0.263 e. The van der Waals surface area contributed by atoms with E-state index in [9.17, 15) is 4.79 Å². The number of carbonyl (C=O) groups is 1. The number of hydrogen-bond acceptors (Lipinski definition) is 5. The minimum absolute atomic E-state index is 0.00720. The van der Waals surface area contributed by atoms with Gasteiger partial charge in [-0.15, -0.1) is 11.3 Å². The molecule has 26 heavy (non-hydrogen) atoms. The summed E-state index contributed by atoms with van der Waals surface area (Å²) in [5.41, 5.74) is 1.73. The van der Waals surface area contributed by atoms with Gasteiger partial charge in [-0.25, -0.2) is 4.98 Å². The fourth-order valence-corrected chi connectivity index (χ4v) is 4.42. The Bertz CT molecular complexity index is 749. The van der Waals surface area contributed by atoms with Crippen LogP contribution in [0.5, 0.6) is 0 Å². The summed E-state index contributed by atoms with van der Waals surface area (Å²) in [5, 5.41) is 7.99. The highest BCUT2D eigenvalue weighted by Gasteiger charge is 2.33. The lowest BCUT2D eigenvalue weighted by Gasteiger charge is -2.37. The van der Waals surface area contributed by atoms with Crippen molar-refractivity contribution in [2.75, 3.05) is 33.4 Å². The van der Waals surface area contributed by atoms with Gasteiger partial charge in [0.25, 0.3) is 5.91 Å². The monoisotopic (exact) mass is 393 g/mol. The maximum absolute atomic E-state index is 12.7. The summed E-state index contributed by atoms with van der Waals surface area (Å²) in [6.07, 6.45) is 2.00. The molecular weight excluding hydrogens is 370 g/mol. The van der Waals surface area contributed by atoms with Crippen molar-refractivity contribution in [3.63, 3.8) is 0 Å². The molecule has 1 saturated heterocycles. The molecule has 1 aromatic heterocycles. The molecule has 0 bridgehead atoms. The number of ether oxygens (including phenoxy) is 1. The number of rotatable bonds is 6. The highest BCUT2D eigenvalue weighted by atomic mass is 35.5. The van der Waals surface area contributed by atoms with Crippen molar-refractivity contribution in [1.82, 2.24) is 15.6 Å². The number of methoxy groups -OCH3 is 1. The largest absolute Gasteiger partial charge is 0.384 e. The number of aryl methyl sites for hydroxylation is 1. The van der Waals surface area contributed by atoms with Gasteiger partial charge < -0.3 is 15.4 Å².